The van der Waals surface area contributed by atoms with Gasteiger partial charge in [-0.25, -0.2) is 0 Å². The van der Waals surface area contributed by atoms with Gasteiger partial charge in [-0.05, 0) is 57.3 Å². The minimum absolute atomic E-state index is 0.222. The van der Waals surface area contributed by atoms with Gasteiger partial charge in [0.2, 0.25) is 0 Å². The van der Waals surface area contributed by atoms with Crippen molar-refractivity contribution < 1.29 is 14.3 Å². The van der Waals surface area contributed by atoms with Crippen LogP contribution in [0.2, 0.25) is 0 Å². The van der Waals surface area contributed by atoms with E-state index >= 15 is 0 Å². The summed E-state index contributed by atoms with van der Waals surface area (Å²) in [5.74, 6) is 0.712. The Morgan fingerprint density at radius 2 is 1.74 bits per heavy atom. The van der Waals surface area contributed by atoms with Gasteiger partial charge < -0.3 is 25.2 Å². The lowest BCUT2D eigenvalue weighted by Crippen LogP contribution is -2.44. The zero-order chi connectivity index (χ0) is 26.9. The Bertz CT molecular complexity index is 1450. The van der Waals surface area contributed by atoms with Gasteiger partial charge in [0.15, 0.2) is 0 Å². The number of anilines is 2. The van der Waals surface area contributed by atoms with E-state index in [2.05, 4.69) is 37.7 Å². The van der Waals surface area contributed by atoms with Gasteiger partial charge in [0, 0.05) is 43.0 Å². The van der Waals surface area contributed by atoms with Crippen LogP contribution in [0.25, 0.3) is 10.2 Å². The first-order chi connectivity index (χ1) is 18.2. The molecule has 5 rings (SSSR count). The normalized spacial score (nSPS) is 14.5. The van der Waals surface area contributed by atoms with Crippen LogP contribution in [0.3, 0.4) is 0 Å². The van der Waals surface area contributed by atoms with Crippen molar-refractivity contribution in [3.05, 3.63) is 70.6 Å². The van der Waals surface area contributed by atoms with Gasteiger partial charge in [-0.1, -0.05) is 18.2 Å². The van der Waals surface area contributed by atoms with Crippen LogP contribution >= 0.6 is 11.3 Å². The average Bonchev–Trinajstić information content (AvgIpc) is 3.51. The number of carbonyl (C=O) groups is 2. The molecule has 0 spiro atoms. The number of aromatic nitrogens is 2. The minimum Gasteiger partial charge on any atom is -0.496 e. The maximum absolute atomic E-state index is 13.2. The highest BCUT2D eigenvalue weighted by molar-refractivity contribution is 7.20. The summed E-state index contributed by atoms with van der Waals surface area (Å²) >= 11 is 1.27. The molecular formula is C28H32N6O3S. The lowest BCUT2D eigenvalue weighted by molar-refractivity contribution is 0.0914. The van der Waals surface area contributed by atoms with E-state index in [1.807, 2.05) is 62.4 Å². The Balaban J connectivity index is 1.28. The van der Waals surface area contributed by atoms with Gasteiger partial charge in [0.25, 0.3) is 11.8 Å². The number of benzene rings is 2. The molecule has 38 heavy (non-hydrogen) atoms. The highest BCUT2D eigenvalue weighted by Gasteiger charge is 2.28. The number of hydrogen-bond acceptors (Lipinski definition) is 7. The van der Waals surface area contributed by atoms with E-state index in [-0.39, 0.29) is 11.8 Å². The largest absolute Gasteiger partial charge is 0.496 e. The molecule has 1 saturated heterocycles. The molecule has 3 heterocycles. The SMILES string of the molecule is COc1ccccc1C(C)(C)NC(=O)c1cc2c(NC(=O)c3ccc(N4CCN(C)CC4)cc3)[nH]nc2s1. The molecule has 2 aromatic heterocycles. The summed E-state index contributed by atoms with van der Waals surface area (Å²) in [5, 5.41) is 13.9. The highest BCUT2D eigenvalue weighted by Crippen LogP contribution is 2.32. The number of ether oxygens (including phenoxy) is 1. The third-order valence-electron chi connectivity index (χ3n) is 6.92. The first kappa shape index (κ1) is 25.7. The first-order valence-corrected chi connectivity index (χ1v) is 13.4. The third kappa shape index (κ3) is 5.23. The Morgan fingerprint density at radius 3 is 2.45 bits per heavy atom. The molecule has 0 bridgehead atoms. The number of rotatable bonds is 7. The number of nitrogens with zero attached hydrogens (tertiary/aromatic N) is 3. The molecule has 4 aromatic rings. The molecule has 3 N–H and O–H groups in total. The van der Waals surface area contributed by atoms with Gasteiger partial charge >= 0.3 is 0 Å². The van der Waals surface area contributed by atoms with Crippen molar-refractivity contribution in [2.75, 3.05) is 50.6 Å². The minimum atomic E-state index is -0.662. The number of methoxy groups -OCH3 is 1. The first-order valence-electron chi connectivity index (χ1n) is 12.5. The molecule has 1 aliphatic rings. The van der Waals surface area contributed by atoms with Crippen molar-refractivity contribution >= 4 is 44.9 Å². The van der Waals surface area contributed by atoms with Gasteiger partial charge in [0.05, 0.1) is 22.9 Å². The molecule has 0 unspecified atom stereocenters. The van der Waals surface area contributed by atoms with Gasteiger partial charge in [-0.15, -0.1) is 11.3 Å². The molecule has 1 fully saturated rings. The van der Waals surface area contributed by atoms with Crippen molar-refractivity contribution in [1.29, 1.82) is 0 Å². The number of piperazine rings is 1. The Morgan fingerprint density at radius 1 is 1.03 bits per heavy atom. The molecule has 2 amide bonds. The van der Waals surface area contributed by atoms with E-state index in [9.17, 15) is 9.59 Å². The van der Waals surface area contributed by atoms with Gasteiger partial charge in [-0.3, -0.25) is 14.7 Å². The van der Waals surface area contributed by atoms with Crippen molar-refractivity contribution in [2.45, 2.75) is 19.4 Å². The van der Waals surface area contributed by atoms with E-state index in [1.165, 1.54) is 11.3 Å². The topological polar surface area (TPSA) is 103 Å². The van der Waals surface area contributed by atoms with Crippen LogP contribution in [-0.2, 0) is 5.54 Å². The number of nitrogens with one attached hydrogen (secondary N) is 3. The number of para-hydroxylation sites is 1. The summed E-state index contributed by atoms with van der Waals surface area (Å²) in [6.45, 7) is 7.86. The lowest BCUT2D eigenvalue weighted by Gasteiger charge is -2.34. The van der Waals surface area contributed by atoms with Gasteiger partial charge in [-0.2, -0.15) is 5.10 Å². The third-order valence-corrected chi connectivity index (χ3v) is 7.95. The fourth-order valence-corrected chi connectivity index (χ4v) is 5.56. The van der Waals surface area contributed by atoms with E-state index in [0.717, 1.165) is 37.4 Å². The Kier molecular flexibility index (Phi) is 7.09. The summed E-state index contributed by atoms with van der Waals surface area (Å²) < 4.78 is 5.48. The van der Waals surface area contributed by atoms with E-state index < -0.39 is 5.54 Å². The molecule has 1 aliphatic heterocycles. The van der Waals surface area contributed by atoms with E-state index in [1.54, 1.807) is 13.2 Å². The Labute approximate surface area is 225 Å². The van der Waals surface area contributed by atoms with Crippen molar-refractivity contribution in [1.82, 2.24) is 20.4 Å². The molecule has 0 atom stereocenters. The summed E-state index contributed by atoms with van der Waals surface area (Å²) in [4.78, 5) is 31.9. The molecule has 0 saturated carbocycles. The predicted molar refractivity (Wildman–Crippen MR) is 152 cm³/mol. The molecule has 0 radical (unpaired) electrons. The second-order valence-corrected chi connectivity index (χ2v) is 11.0. The van der Waals surface area contributed by atoms with Crippen LogP contribution in [0.1, 0.15) is 39.4 Å². The molecule has 198 valence electrons. The number of likely N-dealkylation sites (N-methyl/N-ethyl adjacent to an activating group) is 1. The quantitative estimate of drug-likeness (QED) is 0.328. The van der Waals surface area contributed by atoms with Crippen LogP contribution in [-0.4, -0.2) is 67.2 Å². The predicted octanol–water partition coefficient (Wildman–Crippen LogP) is 4.30. The van der Waals surface area contributed by atoms with E-state index in [4.69, 9.17) is 4.74 Å². The van der Waals surface area contributed by atoms with Crippen LogP contribution in [0.4, 0.5) is 11.5 Å². The summed E-state index contributed by atoms with van der Waals surface area (Å²) in [6.07, 6.45) is 0. The number of H-pyrrole nitrogens is 1. The smallest absolute Gasteiger partial charge is 0.262 e. The van der Waals surface area contributed by atoms with Crippen LogP contribution in [0, 0.1) is 0 Å². The van der Waals surface area contributed by atoms with Crippen molar-refractivity contribution in [3.8, 4) is 5.75 Å². The second-order valence-electron chi connectivity index (χ2n) is 10.00. The van der Waals surface area contributed by atoms with Gasteiger partial charge in [0.1, 0.15) is 16.4 Å². The number of fused-ring (bicyclic) bond motifs is 1. The number of hydrogen-bond donors (Lipinski definition) is 3. The monoisotopic (exact) mass is 532 g/mol. The second kappa shape index (κ2) is 10.5. The van der Waals surface area contributed by atoms with Crippen LogP contribution < -0.4 is 20.3 Å². The van der Waals surface area contributed by atoms with E-state index in [0.29, 0.717) is 32.2 Å². The number of aromatic amines is 1. The highest BCUT2D eigenvalue weighted by atomic mass is 32.1. The molecule has 9 nitrogen and oxygen atoms in total. The zero-order valence-electron chi connectivity index (χ0n) is 22.0. The fourth-order valence-electron chi connectivity index (χ4n) is 4.67. The zero-order valence-corrected chi connectivity index (χ0v) is 22.8. The maximum Gasteiger partial charge on any atom is 0.262 e. The average molecular weight is 533 g/mol. The molecule has 10 heteroatoms. The number of thiophene rings is 1. The summed E-state index contributed by atoms with van der Waals surface area (Å²) in [6, 6.07) is 17.0. The van der Waals surface area contributed by atoms with Crippen LogP contribution in [0.5, 0.6) is 5.75 Å². The maximum atomic E-state index is 13.2. The molecular weight excluding hydrogens is 500 g/mol. The molecule has 2 aromatic carbocycles. The fraction of sp³-hybridized carbons (Fsp3) is 0.321. The van der Waals surface area contributed by atoms with Crippen molar-refractivity contribution in [3.63, 3.8) is 0 Å². The summed E-state index contributed by atoms with van der Waals surface area (Å²) in [7, 11) is 3.74. The number of amides is 2. The molecule has 0 aliphatic carbocycles. The van der Waals surface area contributed by atoms with Crippen molar-refractivity contribution in [2.24, 2.45) is 0 Å². The Hall–Kier alpha value is -3.89. The standard InChI is InChI=1S/C28H32N6O3S/c1-28(2,21-7-5-6-8-22(21)37-4)30-26(36)23-17-20-24(31-32-27(20)38-23)29-25(35)18-9-11-19(12-10-18)34-15-13-33(3)14-16-34/h5-12,17H,13-16H2,1-4H3,(H,30,36)(H2,29,31,32,35). The number of carbonyl (C=O) groups excluding carboxylic acids is 2. The lowest BCUT2D eigenvalue weighted by atomic mass is 9.93. The summed E-state index contributed by atoms with van der Waals surface area (Å²) in [5.41, 5.74) is 1.88. The van der Waals surface area contributed by atoms with Crippen LogP contribution in [0.15, 0.2) is 54.6 Å².